The first-order chi connectivity index (χ1) is 16.6. The van der Waals surface area contributed by atoms with Crippen LogP contribution in [0.5, 0.6) is 5.75 Å². The summed E-state index contributed by atoms with van der Waals surface area (Å²) in [6, 6.07) is 25.0. The molecule has 0 radical (unpaired) electrons. The standard InChI is InChI=1S/C28H31N3O3/c1-2-6-27(32)31-19-17-30(18-20-31)25-13-11-24(12-14-25)29-28(33)23-9-15-26(16-10-23)34-21-22-7-4-3-5-8-22/h3-5,7-16H,2,6,17-21H2,1H3,(H,29,33). The van der Waals surface area contributed by atoms with E-state index in [1.54, 1.807) is 12.1 Å². The highest BCUT2D eigenvalue weighted by molar-refractivity contribution is 6.04. The Morgan fingerprint density at radius 3 is 2.18 bits per heavy atom. The van der Waals surface area contributed by atoms with Crippen molar-refractivity contribution in [2.45, 2.75) is 26.4 Å². The van der Waals surface area contributed by atoms with Gasteiger partial charge in [-0.15, -0.1) is 0 Å². The van der Waals surface area contributed by atoms with Gasteiger partial charge in [0.1, 0.15) is 12.4 Å². The molecular formula is C28H31N3O3. The molecule has 176 valence electrons. The van der Waals surface area contributed by atoms with Gasteiger partial charge in [-0.05, 0) is 60.5 Å². The molecule has 3 aromatic carbocycles. The van der Waals surface area contributed by atoms with Crippen molar-refractivity contribution >= 4 is 23.2 Å². The number of piperazine rings is 1. The number of ether oxygens (including phenoxy) is 1. The van der Waals surface area contributed by atoms with Crippen LogP contribution in [0.1, 0.15) is 35.7 Å². The van der Waals surface area contributed by atoms with Gasteiger partial charge in [0.15, 0.2) is 0 Å². The van der Waals surface area contributed by atoms with Gasteiger partial charge in [-0.25, -0.2) is 0 Å². The zero-order valence-corrected chi connectivity index (χ0v) is 19.6. The lowest BCUT2D eigenvalue weighted by atomic mass is 10.2. The van der Waals surface area contributed by atoms with Gasteiger partial charge in [0, 0.05) is 49.5 Å². The maximum absolute atomic E-state index is 12.6. The van der Waals surface area contributed by atoms with Crippen molar-refractivity contribution in [1.29, 1.82) is 0 Å². The van der Waals surface area contributed by atoms with Crippen LogP contribution >= 0.6 is 0 Å². The highest BCUT2D eigenvalue weighted by atomic mass is 16.5. The van der Waals surface area contributed by atoms with Crippen LogP contribution in [-0.2, 0) is 11.4 Å². The van der Waals surface area contributed by atoms with Crippen LogP contribution in [0.2, 0.25) is 0 Å². The Kier molecular flexibility index (Phi) is 7.81. The van der Waals surface area contributed by atoms with Crippen LogP contribution in [0.15, 0.2) is 78.9 Å². The van der Waals surface area contributed by atoms with Crippen molar-refractivity contribution in [2.75, 3.05) is 36.4 Å². The Morgan fingerprint density at radius 1 is 0.853 bits per heavy atom. The number of anilines is 2. The van der Waals surface area contributed by atoms with E-state index in [0.717, 1.165) is 55.3 Å². The zero-order chi connectivity index (χ0) is 23.8. The van der Waals surface area contributed by atoms with Crippen molar-refractivity contribution in [3.8, 4) is 5.75 Å². The summed E-state index contributed by atoms with van der Waals surface area (Å²) in [6.45, 7) is 5.67. The number of rotatable bonds is 8. The van der Waals surface area contributed by atoms with E-state index in [0.29, 0.717) is 18.6 Å². The molecule has 2 amide bonds. The fourth-order valence-corrected chi connectivity index (χ4v) is 3.99. The monoisotopic (exact) mass is 457 g/mol. The minimum absolute atomic E-state index is 0.162. The predicted octanol–water partition coefficient (Wildman–Crippen LogP) is 4.97. The molecule has 1 fully saturated rings. The number of nitrogens with one attached hydrogen (secondary N) is 1. The number of hydrogen-bond donors (Lipinski definition) is 1. The highest BCUT2D eigenvalue weighted by Crippen LogP contribution is 2.21. The Bertz CT molecular complexity index is 1070. The van der Waals surface area contributed by atoms with Crippen molar-refractivity contribution in [2.24, 2.45) is 0 Å². The predicted molar refractivity (Wildman–Crippen MR) is 135 cm³/mol. The Morgan fingerprint density at radius 2 is 1.53 bits per heavy atom. The third kappa shape index (κ3) is 6.16. The second kappa shape index (κ2) is 11.4. The van der Waals surface area contributed by atoms with Crippen LogP contribution in [-0.4, -0.2) is 42.9 Å². The van der Waals surface area contributed by atoms with E-state index >= 15 is 0 Å². The third-order valence-electron chi connectivity index (χ3n) is 5.95. The molecule has 0 aromatic heterocycles. The smallest absolute Gasteiger partial charge is 0.255 e. The fourth-order valence-electron chi connectivity index (χ4n) is 3.99. The quantitative estimate of drug-likeness (QED) is 0.519. The van der Waals surface area contributed by atoms with E-state index in [1.165, 1.54) is 0 Å². The fraction of sp³-hybridized carbons (Fsp3) is 0.286. The number of amides is 2. The number of benzene rings is 3. The van der Waals surface area contributed by atoms with Gasteiger partial charge in [-0.1, -0.05) is 37.3 Å². The average molecular weight is 458 g/mol. The molecule has 1 aliphatic heterocycles. The van der Waals surface area contributed by atoms with Crippen molar-refractivity contribution < 1.29 is 14.3 Å². The van der Waals surface area contributed by atoms with Crippen molar-refractivity contribution in [3.63, 3.8) is 0 Å². The van der Waals surface area contributed by atoms with Crippen LogP contribution < -0.4 is 15.0 Å². The summed E-state index contributed by atoms with van der Waals surface area (Å²) in [6.07, 6.45) is 1.51. The van der Waals surface area contributed by atoms with Gasteiger partial charge >= 0.3 is 0 Å². The second-order valence-electron chi connectivity index (χ2n) is 8.42. The normalized spacial score (nSPS) is 13.4. The molecule has 3 aromatic rings. The van der Waals surface area contributed by atoms with Crippen LogP contribution in [0.4, 0.5) is 11.4 Å². The second-order valence-corrected chi connectivity index (χ2v) is 8.42. The van der Waals surface area contributed by atoms with Crippen LogP contribution in [0.25, 0.3) is 0 Å². The molecule has 0 atom stereocenters. The minimum Gasteiger partial charge on any atom is -0.489 e. The maximum atomic E-state index is 12.6. The Labute approximate surface area is 201 Å². The Hall–Kier alpha value is -3.80. The van der Waals surface area contributed by atoms with Crippen LogP contribution in [0.3, 0.4) is 0 Å². The molecule has 1 N–H and O–H groups in total. The first-order valence-electron chi connectivity index (χ1n) is 11.8. The lowest BCUT2D eigenvalue weighted by molar-refractivity contribution is -0.131. The van der Waals surface area contributed by atoms with Crippen molar-refractivity contribution in [3.05, 3.63) is 90.0 Å². The molecule has 6 heteroatoms. The summed E-state index contributed by atoms with van der Waals surface area (Å²) in [7, 11) is 0. The lowest BCUT2D eigenvalue weighted by Crippen LogP contribution is -2.48. The molecule has 6 nitrogen and oxygen atoms in total. The molecule has 0 bridgehead atoms. The molecule has 1 saturated heterocycles. The van der Waals surface area contributed by atoms with E-state index in [1.807, 2.05) is 78.6 Å². The summed E-state index contributed by atoms with van der Waals surface area (Å²) < 4.78 is 5.79. The summed E-state index contributed by atoms with van der Waals surface area (Å²) in [5, 5.41) is 2.95. The molecule has 4 rings (SSSR count). The van der Waals surface area contributed by atoms with Gasteiger partial charge in [0.25, 0.3) is 5.91 Å². The summed E-state index contributed by atoms with van der Waals surface area (Å²) >= 11 is 0. The van der Waals surface area contributed by atoms with Gasteiger partial charge < -0.3 is 19.9 Å². The lowest BCUT2D eigenvalue weighted by Gasteiger charge is -2.36. The van der Waals surface area contributed by atoms with Crippen molar-refractivity contribution in [1.82, 2.24) is 4.90 Å². The largest absolute Gasteiger partial charge is 0.489 e. The number of hydrogen-bond acceptors (Lipinski definition) is 4. The first-order valence-corrected chi connectivity index (χ1v) is 11.8. The SMILES string of the molecule is CCCC(=O)N1CCN(c2ccc(NC(=O)c3ccc(OCc4ccccc4)cc3)cc2)CC1. The molecule has 0 aliphatic carbocycles. The van der Waals surface area contributed by atoms with E-state index in [2.05, 4.69) is 10.2 Å². The van der Waals surface area contributed by atoms with E-state index in [4.69, 9.17) is 4.74 Å². The molecule has 0 unspecified atom stereocenters. The molecule has 1 heterocycles. The molecule has 0 spiro atoms. The Balaban J connectivity index is 1.27. The summed E-state index contributed by atoms with van der Waals surface area (Å²) in [5.41, 5.74) is 3.51. The van der Waals surface area contributed by atoms with E-state index < -0.39 is 0 Å². The van der Waals surface area contributed by atoms with Gasteiger partial charge in [0.05, 0.1) is 0 Å². The summed E-state index contributed by atoms with van der Waals surface area (Å²) in [4.78, 5) is 28.9. The third-order valence-corrected chi connectivity index (χ3v) is 5.95. The zero-order valence-electron chi connectivity index (χ0n) is 19.6. The number of nitrogens with zero attached hydrogens (tertiary/aromatic N) is 2. The average Bonchev–Trinajstić information content (AvgIpc) is 2.89. The van der Waals surface area contributed by atoms with Gasteiger partial charge in [-0.3, -0.25) is 9.59 Å². The van der Waals surface area contributed by atoms with Gasteiger partial charge in [0.2, 0.25) is 5.91 Å². The maximum Gasteiger partial charge on any atom is 0.255 e. The highest BCUT2D eigenvalue weighted by Gasteiger charge is 2.20. The number of carbonyl (C=O) groups excluding carboxylic acids is 2. The molecular weight excluding hydrogens is 426 g/mol. The first kappa shape index (κ1) is 23.4. The molecule has 1 aliphatic rings. The summed E-state index contributed by atoms with van der Waals surface area (Å²) in [5.74, 6) is 0.808. The van der Waals surface area contributed by atoms with E-state index in [-0.39, 0.29) is 11.8 Å². The van der Waals surface area contributed by atoms with Crippen LogP contribution in [0, 0.1) is 0 Å². The van der Waals surface area contributed by atoms with Gasteiger partial charge in [-0.2, -0.15) is 0 Å². The molecule has 34 heavy (non-hydrogen) atoms. The minimum atomic E-state index is -0.162. The molecule has 0 saturated carbocycles. The topological polar surface area (TPSA) is 61.9 Å². The number of carbonyl (C=O) groups is 2. The van der Waals surface area contributed by atoms with E-state index in [9.17, 15) is 9.59 Å².